The van der Waals surface area contributed by atoms with E-state index in [0.29, 0.717) is 13.2 Å². The maximum Gasteiger partial charge on any atom is 0.115 e. The summed E-state index contributed by atoms with van der Waals surface area (Å²) in [5.74, 6) is 0. The molecule has 0 bridgehead atoms. The lowest BCUT2D eigenvalue weighted by Gasteiger charge is -2.43. The molecule has 6 nitrogen and oxygen atoms in total. The number of ether oxygens (including phenoxy) is 2. The van der Waals surface area contributed by atoms with Gasteiger partial charge in [0.1, 0.15) is 36.6 Å². The first-order valence-corrected chi connectivity index (χ1v) is 15.5. The summed E-state index contributed by atoms with van der Waals surface area (Å²) in [6.45, 7) is 5.30. The minimum Gasteiger partial charge on any atom is -0.387 e. The highest BCUT2D eigenvalue weighted by Gasteiger charge is 2.50. The maximum absolute atomic E-state index is 10.4. The van der Waals surface area contributed by atoms with E-state index in [9.17, 15) is 20.4 Å². The molecule has 0 unspecified atom stereocenters. The SMILES string of the molecule is CCCCCCCCCCCCCCCCCCO[C@H]1[C@H](O)[C@H](O)[C@H](O)[C@@H](O)[C@@H]1OCCCCCC. The molecule has 1 fully saturated rings. The van der Waals surface area contributed by atoms with E-state index in [2.05, 4.69) is 13.8 Å². The van der Waals surface area contributed by atoms with Crippen molar-refractivity contribution in [2.75, 3.05) is 13.2 Å². The first-order chi connectivity index (χ1) is 17.5. The van der Waals surface area contributed by atoms with Crippen LogP contribution in [0.2, 0.25) is 0 Å². The van der Waals surface area contributed by atoms with Crippen LogP contribution in [0, 0.1) is 0 Å². The lowest BCUT2D eigenvalue weighted by atomic mass is 9.84. The van der Waals surface area contributed by atoms with Crippen molar-refractivity contribution in [1.82, 2.24) is 0 Å². The summed E-state index contributed by atoms with van der Waals surface area (Å²) in [6, 6.07) is 0. The first kappa shape index (κ1) is 33.8. The van der Waals surface area contributed by atoms with Crippen molar-refractivity contribution in [3.05, 3.63) is 0 Å². The van der Waals surface area contributed by atoms with Crippen molar-refractivity contribution >= 4 is 0 Å². The quantitative estimate of drug-likeness (QED) is 0.116. The summed E-state index contributed by atoms with van der Waals surface area (Å²) in [6.07, 6.45) is 18.0. The average Bonchev–Trinajstić information content (AvgIpc) is 2.88. The number of unbranched alkanes of at least 4 members (excludes halogenated alkanes) is 18. The van der Waals surface area contributed by atoms with Gasteiger partial charge in [-0.1, -0.05) is 129 Å². The summed E-state index contributed by atoms with van der Waals surface area (Å²) < 4.78 is 11.7. The van der Waals surface area contributed by atoms with Gasteiger partial charge in [0.25, 0.3) is 0 Å². The van der Waals surface area contributed by atoms with Crippen molar-refractivity contribution in [1.29, 1.82) is 0 Å². The zero-order valence-electron chi connectivity index (χ0n) is 23.6. The summed E-state index contributed by atoms with van der Waals surface area (Å²) in [4.78, 5) is 0. The van der Waals surface area contributed by atoms with Gasteiger partial charge in [-0.25, -0.2) is 0 Å². The van der Waals surface area contributed by atoms with Crippen molar-refractivity contribution in [3.63, 3.8) is 0 Å². The van der Waals surface area contributed by atoms with Crippen LogP contribution in [-0.4, -0.2) is 70.3 Å². The molecule has 4 N–H and O–H groups in total. The zero-order chi connectivity index (χ0) is 26.4. The molecule has 36 heavy (non-hydrogen) atoms. The Morgan fingerprint density at radius 1 is 0.361 bits per heavy atom. The molecule has 0 aromatic rings. The summed E-state index contributed by atoms with van der Waals surface area (Å²) in [7, 11) is 0. The van der Waals surface area contributed by atoms with Crippen LogP contribution in [-0.2, 0) is 9.47 Å². The molecule has 216 valence electrons. The van der Waals surface area contributed by atoms with Gasteiger partial charge in [-0.15, -0.1) is 0 Å². The molecule has 1 aliphatic carbocycles. The van der Waals surface area contributed by atoms with E-state index in [0.717, 1.165) is 38.5 Å². The Labute approximate surface area is 222 Å². The largest absolute Gasteiger partial charge is 0.387 e. The van der Waals surface area contributed by atoms with Crippen LogP contribution >= 0.6 is 0 Å². The van der Waals surface area contributed by atoms with Crippen molar-refractivity contribution in [3.8, 4) is 0 Å². The Bertz CT molecular complexity index is 476. The van der Waals surface area contributed by atoms with E-state index in [1.807, 2.05) is 0 Å². The molecule has 1 aliphatic rings. The average molecular weight is 517 g/mol. The topological polar surface area (TPSA) is 99.4 Å². The molecular weight excluding hydrogens is 456 g/mol. The van der Waals surface area contributed by atoms with Gasteiger partial charge in [-0.3, -0.25) is 0 Å². The predicted molar refractivity (Wildman–Crippen MR) is 147 cm³/mol. The molecule has 6 atom stereocenters. The molecular formula is C30H60O6. The Morgan fingerprint density at radius 2 is 0.611 bits per heavy atom. The van der Waals surface area contributed by atoms with Gasteiger partial charge in [0.15, 0.2) is 0 Å². The monoisotopic (exact) mass is 516 g/mol. The van der Waals surface area contributed by atoms with Gasteiger partial charge in [-0.05, 0) is 12.8 Å². The number of rotatable bonds is 24. The van der Waals surface area contributed by atoms with E-state index in [-0.39, 0.29) is 0 Å². The molecule has 0 saturated heterocycles. The van der Waals surface area contributed by atoms with Crippen LogP contribution in [0.15, 0.2) is 0 Å². The lowest BCUT2D eigenvalue weighted by Crippen LogP contribution is -2.65. The number of aliphatic hydroxyl groups is 4. The van der Waals surface area contributed by atoms with Gasteiger partial charge < -0.3 is 29.9 Å². The predicted octanol–water partition coefficient (Wildman–Crippen LogP) is 6.06. The zero-order valence-corrected chi connectivity index (χ0v) is 23.6. The highest BCUT2D eigenvalue weighted by molar-refractivity contribution is 5.00. The molecule has 0 aliphatic heterocycles. The van der Waals surface area contributed by atoms with E-state index in [1.165, 1.54) is 89.9 Å². The van der Waals surface area contributed by atoms with Crippen LogP contribution in [0.1, 0.15) is 142 Å². The summed E-state index contributed by atoms with van der Waals surface area (Å²) >= 11 is 0. The molecule has 0 amide bonds. The van der Waals surface area contributed by atoms with Crippen LogP contribution in [0.4, 0.5) is 0 Å². The van der Waals surface area contributed by atoms with Gasteiger partial charge in [0.2, 0.25) is 0 Å². The van der Waals surface area contributed by atoms with E-state index in [4.69, 9.17) is 9.47 Å². The molecule has 1 saturated carbocycles. The van der Waals surface area contributed by atoms with Gasteiger partial charge in [0, 0.05) is 13.2 Å². The van der Waals surface area contributed by atoms with Crippen LogP contribution in [0.3, 0.4) is 0 Å². The smallest absolute Gasteiger partial charge is 0.115 e. The lowest BCUT2D eigenvalue weighted by molar-refractivity contribution is -0.246. The summed E-state index contributed by atoms with van der Waals surface area (Å²) in [5, 5.41) is 41.0. The first-order valence-electron chi connectivity index (χ1n) is 15.5. The van der Waals surface area contributed by atoms with Gasteiger partial charge >= 0.3 is 0 Å². The molecule has 0 radical (unpaired) electrons. The molecule has 6 heteroatoms. The van der Waals surface area contributed by atoms with Crippen molar-refractivity contribution < 1.29 is 29.9 Å². The molecule has 0 heterocycles. The fourth-order valence-corrected chi connectivity index (χ4v) is 5.19. The fraction of sp³-hybridized carbons (Fsp3) is 1.00. The Hall–Kier alpha value is -0.240. The van der Waals surface area contributed by atoms with Gasteiger partial charge in [0.05, 0.1) is 0 Å². The normalized spacial score (nSPS) is 26.5. The van der Waals surface area contributed by atoms with Crippen molar-refractivity contribution in [2.45, 2.75) is 179 Å². The van der Waals surface area contributed by atoms with E-state index in [1.54, 1.807) is 0 Å². The second-order valence-electron chi connectivity index (χ2n) is 11.0. The summed E-state index contributed by atoms with van der Waals surface area (Å²) in [5.41, 5.74) is 0. The molecule has 1 rings (SSSR count). The minimum absolute atomic E-state index is 0.441. The highest BCUT2D eigenvalue weighted by Crippen LogP contribution is 2.27. The van der Waals surface area contributed by atoms with Crippen LogP contribution in [0.25, 0.3) is 0 Å². The number of aliphatic hydroxyl groups excluding tert-OH is 4. The third kappa shape index (κ3) is 14.6. The Kier molecular flexibility index (Phi) is 21.3. The second kappa shape index (κ2) is 22.7. The maximum atomic E-state index is 10.4. The fourth-order valence-electron chi connectivity index (χ4n) is 5.19. The van der Waals surface area contributed by atoms with E-state index < -0.39 is 36.6 Å². The van der Waals surface area contributed by atoms with E-state index >= 15 is 0 Å². The Morgan fingerprint density at radius 3 is 0.917 bits per heavy atom. The number of hydrogen-bond acceptors (Lipinski definition) is 6. The van der Waals surface area contributed by atoms with Gasteiger partial charge in [-0.2, -0.15) is 0 Å². The standard InChI is InChI=1S/C30H60O6/c1-3-5-7-9-10-11-12-13-14-15-16-17-18-19-20-22-24-36-30-28(34)26(32)25(31)27(33)29(30)35-23-21-8-6-4-2/h25-34H,3-24H2,1-2H3/t25-,26+,27+,28+,29-,30-/m0/s1. The van der Waals surface area contributed by atoms with Crippen molar-refractivity contribution in [2.24, 2.45) is 0 Å². The molecule has 0 aromatic carbocycles. The van der Waals surface area contributed by atoms with Crippen LogP contribution in [0.5, 0.6) is 0 Å². The highest BCUT2D eigenvalue weighted by atomic mass is 16.6. The van der Waals surface area contributed by atoms with Crippen LogP contribution < -0.4 is 0 Å². The Balaban J connectivity index is 2.08. The third-order valence-electron chi connectivity index (χ3n) is 7.66. The molecule has 0 aromatic heterocycles. The second-order valence-corrected chi connectivity index (χ2v) is 11.0. The molecule has 0 spiro atoms. The number of hydrogen-bond donors (Lipinski definition) is 4. The third-order valence-corrected chi connectivity index (χ3v) is 7.66. The minimum atomic E-state index is -1.43.